The number of hydrogen-bond donors (Lipinski definition) is 2. The maximum atomic E-state index is 13.2. The van der Waals surface area contributed by atoms with E-state index >= 15 is 0 Å². The second-order valence-electron chi connectivity index (χ2n) is 6.76. The second-order valence-corrected chi connectivity index (χ2v) is 8.65. The number of sulfonamides is 1. The summed E-state index contributed by atoms with van der Waals surface area (Å²) in [5, 5.41) is 4.76. The van der Waals surface area contributed by atoms with Gasteiger partial charge < -0.3 is 15.4 Å². The maximum absolute atomic E-state index is 13.2. The molecule has 8 nitrogen and oxygen atoms in total. The monoisotopic (exact) mass is 435 g/mol. The van der Waals surface area contributed by atoms with Crippen LogP contribution in [0.1, 0.15) is 12.8 Å². The first-order chi connectivity index (χ1) is 14.3. The third-order valence-electron chi connectivity index (χ3n) is 4.78. The number of anilines is 1. The summed E-state index contributed by atoms with van der Waals surface area (Å²) >= 11 is 0. The van der Waals surface area contributed by atoms with Crippen LogP contribution in [0.2, 0.25) is 0 Å². The molecule has 0 spiro atoms. The summed E-state index contributed by atoms with van der Waals surface area (Å²) in [6, 6.07) is 10.8. The lowest BCUT2D eigenvalue weighted by Gasteiger charge is -2.24. The lowest BCUT2D eigenvalue weighted by atomic mass is 10.2. The number of hydrogen-bond acceptors (Lipinski definition) is 5. The van der Waals surface area contributed by atoms with Crippen molar-refractivity contribution in [2.45, 2.75) is 23.8 Å². The molecule has 0 aromatic heterocycles. The number of nitrogens with zero attached hydrogens (tertiary/aromatic N) is 1. The molecule has 1 fully saturated rings. The molecule has 10 heteroatoms. The summed E-state index contributed by atoms with van der Waals surface area (Å²) in [6.45, 7) is 0.315. The predicted octanol–water partition coefficient (Wildman–Crippen LogP) is 1.74. The molecular formula is C20H22FN3O5S. The van der Waals surface area contributed by atoms with Gasteiger partial charge in [-0.3, -0.25) is 9.59 Å². The molecule has 3 rings (SSSR count). The van der Waals surface area contributed by atoms with Gasteiger partial charge in [0.05, 0.1) is 12.0 Å². The van der Waals surface area contributed by atoms with Crippen LogP contribution in [0, 0.1) is 5.82 Å². The molecule has 1 aliphatic rings. The third-order valence-corrected chi connectivity index (χ3v) is 6.74. The van der Waals surface area contributed by atoms with Gasteiger partial charge in [0, 0.05) is 24.8 Å². The number of carbonyl (C=O) groups is 2. The van der Waals surface area contributed by atoms with Crippen LogP contribution in [-0.4, -0.2) is 50.8 Å². The summed E-state index contributed by atoms with van der Waals surface area (Å²) < 4.78 is 45.5. The van der Waals surface area contributed by atoms with E-state index in [1.807, 2.05) is 0 Å². The minimum atomic E-state index is -3.75. The minimum Gasteiger partial charge on any atom is -0.497 e. The Morgan fingerprint density at radius 2 is 1.90 bits per heavy atom. The van der Waals surface area contributed by atoms with Crippen molar-refractivity contribution in [1.29, 1.82) is 0 Å². The zero-order chi connectivity index (χ0) is 21.7. The Bertz CT molecular complexity index is 1030. The van der Waals surface area contributed by atoms with Crippen LogP contribution < -0.4 is 15.4 Å². The number of amides is 2. The second kappa shape index (κ2) is 9.23. The average Bonchev–Trinajstić information content (AvgIpc) is 3.21. The largest absolute Gasteiger partial charge is 0.497 e. The lowest BCUT2D eigenvalue weighted by Crippen LogP contribution is -2.45. The Morgan fingerprint density at radius 1 is 1.17 bits per heavy atom. The van der Waals surface area contributed by atoms with Gasteiger partial charge in [0.25, 0.3) is 0 Å². The zero-order valence-electron chi connectivity index (χ0n) is 16.3. The van der Waals surface area contributed by atoms with E-state index in [0.29, 0.717) is 25.1 Å². The quantitative estimate of drug-likeness (QED) is 0.673. The normalized spacial score (nSPS) is 16.8. The van der Waals surface area contributed by atoms with E-state index in [4.69, 9.17) is 4.74 Å². The maximum Gasteiger partial charge on any atom is 0.313 e. The fraction of sp³-hybridized carbons (Fsp3) is 0.300. The zero-order valence-corrected chi connectivity index (χ0v) is 17.1. The molecule has 0 radical (unpaired) electrons. The highest BCUT2D eigenvalue weighted by molar-refractivity contribution is 7.89. The van der Waals surface area contributed by atoms with Crippen molar-refractivity contribution >= 4 is 27.5 Å². The first-order valence-corrected chi connectivity index (χ1v) is 10.8. The van der Waals surface area contributed by atoms with E-state index in [1.165, 1.54) is 41.7 Å². The number of nitrogens with one attached hydrogen (secondary N) is 2. The molecule has 0 unspecified atom stereocenters. The number of rotatable bonds is 6. The van der Waals surface area contributed by atoms with E-state index in [1.54, 1.807) is 12.1 Å². The van der Waals surface area contributed by atoms with Crippen molar-refractivity contribution in [3.05, 3.63) is 54.3 Å². The minimum absolute atomic E-state index is 0.00914. The Labute approximate surface area is 174 Å². The SMILES string of the molecule is COc1ccc(S(=O)(=O)N2CCC[C@@H]2CNC(=O)C(=O)Nc2cccc(F)c2)cc1. The van der Waals surface area contributed by atoms with Crippen LogP contribution in [-0.2, 0) is 19.6 Å². The summed E-state index contributed by atoms with van der Waals surface area (Å²) in [4.78, 5) is 24.2. The molecule has 1 heterocycles. The fourth-order valence-corrected chi connectivity index (χ4v) is 4.95. The average molecular weight is 435 g/mol. The van der Waals surface area contributed by atoms with E-state index in [0.717, 1.165) is 6.07 Å². The molecule has 2 N–H and O–H groups in total. The van der Waals surface area contributed by atoms with Gasteiger partial charge >= 0.3 is 11.8 Å². The van der Waals surface area contributed by atoms with E-state index < -0.39 is 33.7 Å². The number of halogens is 1. The van der Waals surface area contributed by atoms with Gasteiger partial charge in [0.15, 0.2) is 0 Å². The number of benzene rings is 2. The molecule has 2 aromatic rings. The first-order valence-electron chi connectivity index (χ1n) is 9.32. The topological polar surface area (TPSA) is 105 Å². The van der Waals surface area contributed by atoms with Gasteiger partial charge in [-0.15, -0.1) is 0 Å². The molecule has 1 atom stereocenters. The molecule has 2 aromatic carbocycles. The highest BCUT2D eigenvalue weighted by atomic mass is 32.2. The van der Waals surface area contributed by atoms with Crippen molar-refractivity contribution in [1.82, 2.24) is 9.62 Å². The van der Waals surface area contributed by atoms with E-state index in [-0.39, 0.29) is 17.1 Å². The molecule has 0 bridgehead atoms. The predicted molar refractivity (Wildman–Crippen MR) is 108 cm³/mol. The molecule has 2 amide bonds. The highest BCUT2D eigenvalue weighted by Crippen LogP contribution is 2.26. The smallest absolute Gasteiger partial charge is 0.313 e. The Balaban J connectivity index is 1.61. The van der Waals surface area contributed by atoms with Crippen molar-refractivity contribution in [3.63, 3.8) is 0 Å². The number of methoxy groups -OCH3 is 1. The Morgan fingerprint density at radius 3 is 2.57 bits per heavy atom. The fourth-order valence-electron chi connectivity index (χ4n) is 3.26. The van der Waals surface area contributed by atoms with Crippen LogP contribution in [0.5, 0.6) is 5.75 Å². The van der Waals surface area contributed by atoms with Gasteiger partial charge in [0.2, 0.25) is 10.0 Å². The van der Waals surface area contributed by atoms with Crippen molar-refractivity contribution < 1.29 is 27.1 Å². The molecular weight excluding hydrogens is 413 g/mol. The number of ether oxygens (including phenoxy) is 1. The summed E-state index contributed by atoms with van der Waals surface area (Å²) in [6.07, 6.45) is 1.20. The van der Waals surface area contributed by atoms with Crippen LogP contribution in [0.15, 0.2) is 53.4 Å². The van der Waals surface area contributed by atoms with Gasteiger partial charge in [-0.05, 0) is 55.3 Å². The highest BCUT2D eigenvalue weighted by Gasteiger charge is 2.35. The first kappa shape index (κ1) is 21.7. The van der Waals surface area contributed by atoms with Crippen molar-refractivity contribution in [2.24, 2.45) is 0 Å². The van der Waals surface area contributed by atoms with Gasteiger partial charge in [-0.2, -0.15) is 4.31 Å². The van der Waals surface area contributed by atoms with Crippen LogP contribution in [0.3, 0.4) is 0 Å². The Kier molecular flexibility index (Phi) is 6.68. The third kappa shape index (κ3) is 4.95. The van der Waals surface area contributed by atoms with Crippen LogP contribution >= 0.6 is 0 Å². The molecule has 0 aliphatic carbocycles. The standard InChI is InChI=1S/C20H22FN3O5S/c1-29-17-7-9-18(10-8-17)30(27,28)24-11-3-6-16(24)13-22-19(25)20(26)23-15-5-2-4-14(21)12-15/h2,4-5,7-10,12,16H,3,6,11,13H2,1H3,(H,22,25)(H,23,26)/t16-/m1/s1. The van der Waals surface area contributed by atoms with Gasteiger partial charge in [-0.1, -0.05) is 6.07 Å². The van der Waals surface area contributed by atoms with E-state index in [9.17, 15) is 22.4 Å². The van der Waals surface area contributed by atoms with E-state index in [2.05, 4.69) is 10.6 Å². The van der Waals surface area contributed by atoms with Crippen molar-refractivity contribution in [3.8, 4) is 5.75 Å². The molecule has 0 saturated carbocycles. The summed E-state index contributed by atoms with van der Waals surface area (Å²) in [7, 11) is -2.26. The van der Waals surface area contributed by atoms with Crippen molar-refractivity contribution in [2.75, 3.05) is 25.5 Å². The molecule has 1 aliphatic heterocycles. The lowest BCUT2D eigenvalue weighted by molar-refractivity contribution is -0.136. The van der Waals surface area contributed by atoms with Crippen LogP contribution in [0.4, 0.5) is 10.1 Å². The van der Waals surface area contributed by atoms with Gasteiger partial charge in [-0.25, -0.2) is 12.8 Å². The summed E-state index contributed by atoms with van der Waals surface area (Å²) in [5.41, 5.74) is 0.153. The Hall–Kier alpha value is -2.98. The molecule has 160 valence electrons. The van der Waals surface area contributed by atoms with Crippen LogP contribution in [0.25, 0.3) is 0 Å². The number of carbonyl (C=O) groups excluding carboxylic acids is 2. The summed E-state index contributed by atoms with van der Waals surface area (Å²) in [5.74, 6) is -1.88. The molecule has 30 heavy (non-hydrogen) atoms. The van der Waals surface area contributed by atoms with Gasteiger partial charge in [0.1, 0.15) is 11.6 Å². The molecule has 1 saturated heterocycles.